The van der Waals surface area contributed by atoms with Crippen LogP contribution in [0, 0.1) is 0 Å². The van der Waals surface area contributed by atoms with Gasteiger partial charge in [-0.25, -0.2) is 0 Å². The minimum Gasteiger partial charge on any atom is -0.375 e. The van der Waals surface area contributed by atoms with Crippen LogP contribution in [0.3, 0.4) is 0 Å². The van der Waals surface area contributed by atoms with Gasteiger partial charge in [-0.2, -0.15) is 0 Å². The van der Waals surface area contributed by atoms with E-state index in [1.165, 1.54) is 18.5 Å². The minimum atomic E-state index is 0.0931. The van der Waals surface area contributed by atoms with E-state index >= 15 is 0 Å². The van der Waals surface area contributed by atoms with Crippen molar-refractivity contribution in [2.45, 2.75) is 45.1 Å². The molecular formula is C19H31N3O. The number of likely N-dealkylation sites (tertiary alicyclic amines) is 1. The first-order valence-corrected chi connectivity index (χ1v) is 9.00. The summed E-state index contributed by atoms with van der Waals surface area (Å²) in [6.45, 7) is 6.00. The number of nitrogens with zero attached hydrogens (tertiary/aromatic N) is 2. The summed E-state index contributed by atoms with van der Waals surface area (Å²) in [4.78, 5) is 17.0. The Morgan fingerprint density at radius 2 is 2.09 bits per heavy atom. The highest BCUT2D eigenvalue weighted by Crippen LogP contribution is 2.17. The Kier molecular flexibility index (Phi) is 7.40. The minimum absolute atomic E-state index is 0.0931. The zero-order chi connectivity index (χ0) is 16.5. The van der Waals surface area contributed by atoms with Crippen molar-refractivity contribution in [3.63, 3.8) is 0 Å². The second kappa shape index (κ2) is 9.56. The van der Waals surface area contributed by atoms with Gasteiger partial charge in [0.25, 0.3) is 0 Å². The highest BCUT2D eigenvalue weighted by Gasteiger charge is 2.27. The van der Waals surface area contributed by atoms with Gasteiger partial charge in [0.1, 0.15) is 0 Å². The molecule has 1 atom stereocenters. The highest BCUT2D eigenvalue weighted by atomic mass is 16.2. The maximum Gasteiger partial charge on any atom is 0.237 e. The van der Waals surface area contributed by atoms with Gasteiger partial charge >= 0.3 is 0 Å². The summed E-state index contributed by atoms with van der Waals surface area (Å²) < 4.78 is 0. The summed E-state index contributed by atoms with van der Waals surface area (Å²) in [5, 5.41) is 3.14. The monoisotopic (exact) mass is 317 g/mol. The average molecular weight is 317 g/mol. The molecule has 0 saturated carbocycles. The number of hydrogen-bond donors (Lipinski definition) is 1. The molecule has 1 aromatic rings. The molecule has 1 aliphatic heterocycles. The Balaban J connectivity index is 1.69. The molecule has 4 heteroatoms. The number of anilines is 1. The molecule has 128 valence electrons. The largest absolute Gasteiger partial charge is 0.375 e. The van der Waals surface area contributed by atoms with E-state index in [0.29, 0.717) is 0 Å². The second-order valence-electron chi connectivity index (χ2n) is 6.45. The molecule has 1 unspecified atom stereocenters. The lowest BCUT2D eigenvalue weighted by molar-refractivity contribution is -0.127. The van der Waals surface area contributed by atoms with Gasteiger partial charge in [0.05, 0.1) is 6.04 Å². The van der Waals surface area contributed by atoms with E-state index < -0.39 is 0 Å². The summed E-state index contributed by atoms with van der Waals surface area (Å²) in [6, 6.07) is 10.5. The van der Waals surface area contributed by atoms with Crippen LogP contribution in [0.1, 0.15) is 39.0 Å². The van der Waals surface area contributed by atoms with Crippen molar-refractivity contribution in [2.24, 2.45) is 0 Å². The molecule has 4 nitrogen and oxygen atoms in total. The Hall–Kier alpha value is -1.55. The number of amides is 1. The predicted molar refractivity (Wildman–Crippen MR) is 96.8 cm³/mol. The lowest BCUT2D eigenvalue weighted by Gasteiger charge is -2.34. The SMILES string of the molecule is CCCN1CCCCC1C(=O)NCCCN(C)c1ccccc1. The molecule has 0 radical (unpaired) electrons. The van der Waals surface area contributed by atoms with Crippen LogP contribution in [0.15, 0.2) is 30.3 Å². The van der Waals surface area contributed by atoms with Crippen LogP contribution in [0.2, 0.25) is 0 Å². The molecule has 1 heterocycles. The zero-order valence-electron chi connectivity index (χ0n) is 14.6. The highest BCUT2D eigenvalue weighted by molar-refractivity contribution is 5.81. The summed E-state index contributed by atoms with van der Waals surface area (Å²) >= 11 is 0. The molecule has 1 aliphatic rings. The van der Waals surface area contributed by atoms with Crippen molar-refractivity contribution >= 4 is 11.6 Å². The molecule has 2 rings (SSSR count). The lowest BCUT2D eigenvalue weighted by atomic mass is 10.0. The fourth-order valence-corrected chi connectivity index (χ4v) is 3.30. The van der Waals surface area contributed by atoms with Gasteiger partial charge in [0, 0.05) is 25.8 Å². The number of carbonyl (C=O) groups is 1. The first-order chi connectivity index (χ1) is 11.2. The number of hydrogen-bond acceptors (Lipinski definition) is 3. The van der Waals surface area contributed by atoms with Crippen LogP contribution in [-0.2, 0) is 4.79 Å². The Labute approximate surface area is 140 Å². The van der Waals surface area contributed by atoms with Gasteiger partial charge in [-0.15, -0.1) is 0 Å². The number of benzene rings is 1. The first kappa shape index (κ1) is 17.8. The van der Waals surface area contributed by atoms with Gasteiger partial charge in [-0.1, -0.05) is 31.5 Å². The summed E-state index contributed by atoms with van der Waals surface area (Å²) in [5.74, 6) is 0.223. The van der Waals surface area contributed by atoms with Gasteiger partial charge in [0.2, 0.25) is 5.91 Å². The molecule has 0 aromatic heterocycles. The van der Waals surface area contributed by atoms with Crippen LogP contribution in [0.4, 0.5) is 5.69 Å². The van der Waals surface area contributed by atoms with Gasteiger partial charge in [0.15, 0.2) is 0 Å². The third kappa shape index (κ3) is 5.54. The van der Waals surface area contributed by atoms with Crippen molar-refractivity contribution in [2.75, 3.05) is 38.1 Å². The van der Waals surface area contributed by atoms with Crippen molar-refractivity contribution in [1.29, 1.82) is 0 Å². The van der Waals surface area contributed by atoms with Gasteiger partial charge < -0.3 is 10.2 Å². The molecular weight excluding hydrogens is 286 g/mol. The van der Waals surface area contributed by atoms with E-state index in [0.717, 1.165) is 45.4 Å². The van der Waals surface area contributed by atoms with Crippen LogP contribution < -0.4 is 10.2 Å². The van der Waals surface area contributed by atoms with E-state index in [1.54, 1.807) is 0 Å². The maximum atomic E-state index is 12.4. The number of nitrogens with one attached hydrogen (secondary N) is 1. The molecule has 0 spiro atoms. The number of rotatable bonds is 8. The number of carbonyl (C=O) groups excluding carboxylic acids is 1. The fourth-order valence-electron chi connectivity index (χ4n) is 3.30. The molecule has 1 N–H and O–H groups in total. The Morgan fingerprint density at radius 3 is 2.83 bits per heavy atom. The van der Waals surface area contributed by atoms with E-state index in [9.17, 15) is 4.79 Å². The van der Waals surface area contributed by atoms with Crippen molar-refractivity contribution < 1.29 is 4.79 Å². The van der Waals surface area contributed by atoms with Gasteiger partial charge in [-0.3, -0.25) is 9.69 Å². The van der Waals surface area contributed by atoms with Crippen LogP contribution >= 0.6 is 0 Å². The standard InChI is InChI=1S/C19H31N3O/c1-3-14-22-16-8-7-12-18(22)19(23)20-13-9-15-21(2)17-10-5-4-6-11-17/h4-6,10-11,18H,3,7-9,12-16H2,1-2H3,(H,20,23). The van der Waals surface area contributed by atoms with E-state index in [4.69, 9.17) is 0 Å². The fraction of sp³-hybridized carbons (Fsp3) is 0.632. The number of para-hydroxylation sites is 1. The summed E-state index contributed by atoms with van der Waals surface area (Å²) in [5.41, 5.74) is 1.22. The first-order valence-electron chi connectivity index (χ1n) is 9.00. The van der Waals surface area contributed by atoms with E-state index in [-0.39, 0.29) is 11.9 Å². The predicted octanol–water partition coefficient (Wildman–Crippen LogP) is 2.89. The smallest absolute Gasteiger partial charge is 0.237 e. The van der Waals surface area contributed by atoms with Gasteiger partial charge in [-0.05, 0) is 50.9 Å². The average Bonchev–Trinajstić information content (AvgIpc) is 2.60. The maximum absolute atomic E-state index is 12.4. The Bertz CT molecular complexity index is 461. The van der Waals surface area contributed by atoms with E-state index in [1.807, 2.05) is 6.07 Å². The topological polar surface area (TPSA) is 35.6 Å². The van der Waals surface area contributed by atoms with Crippen LogP contribution in [0.25, 0.3) is 0 Å². The number of piperidine rings is 1. The Morgan fingerprint density at radius 1 is 1.30 bits per heavy atom. The molecule has 23 heavy (non-hydrogen) atoms. The molecule has 0 bridgehead atoms. The molecule has 0 aliphatic carbocycles. The quantitative estimate of drug-likeness (QED) is 0.749. The van der Waals surface area contributed by atoms with Crippen molar-refractivity contribution in [3.05, 3.63) is 30.3 Å². The molecule has 1 fully saturated rings. The molecule has 1 saturated heterocycles. The van der Waals surface area contributed by atoms with Crippen molar-refractivity contribution in [3.8, 4) is 0 Å². The third-order valence-corrected chi connectivity index (χ3v) is 4.59. The normalized spacial score (nSPS) is 18.6. The second-order valence-corrected chi connectivity index (χ2v) is 6.45. The van der Waals surface area contributed by atoms with Crippen LogP contribution in [0.5, 0.6) is 0 Å². The molecule has 1 amide bonds. The van der Waals surface area contributed by atoms with Crippen molar-refractivity contribution in [1.82, 2.24) is 10.2 Å². The zero-order valence-corrected chi connectivity index (χ0v) is 14.6. The molecule has 1 aromatic carbocycles. The third-order valence-electron chi connectivity index (χ3n) is 4.59. The lowest BCUT2D eigenvalue weighted by Crippen LogP contribution is -2.50. The van der Waals surface area contributed by atoms with Crippen LogP contribution in [-0.4, -0.2) is 50.1 Å². The van der Waals surface area contributed by atoms with E-state index in [2.05, 4.69) is 53.4 Å². The summed E-state index contributed by atoms with van der Waals surface area (Å²) in [6.07, 6.45) is 5.50. The summed E-state index contributed by atoms with van der Waals surface area (Å²) in [7, 11) is 2.10.